The van der Waals surface area contributed by atoms with E-state index in [9.17, 15) is 13.2 Å². The fourth-order valence-corrected chi connectivity index (χ4v) is 1.14. The maximum Gasteiger partial charge on any atom is 0.265 e. The van der Waals surface area contributed by atoms with Crippen molar-refractivity contribution in [2.45, 2.75) is 13.0 Å². The fraction of sp³-hybridized carbons (Fsp3) is 0.286. The Kier molecular flexibility index (Phi) is 3.11. The highest BCUT2D eigenvalue weighted by Gasteiger charge is 2.18. The second kappa shape index (κ2) is 3.93. The molecule has 0 bridgehead atoms. The number of halogens is 4. The summed E-state index contributed by atoms with van der Waals surface area (Å²) in [7, 11) is 0. The van der Waals surface area contributed by atoms with Crippen LogP contribution >= 0.6 is 11.6 Å². The summed E-state index contributed by atoms with van der Waals surface area (Å²) in [5, 5.41) is -0.430. The largest absolute Gasteiger partial charge is 0.326 e. The summed E-state index contributed by atoms with van der Waals surface area (Å²) in [5.41, 5.74) is 4.63. The van der Waals surface area contributed by atoms with Gasteiger partial charge in [0.15, 0.2) is 0 Å². The van der Waals surface area contributed by atoms with Crippen molar-refractivity contribution in [1.29, 1.82) is 0 Å². The van der Waals surface area contributed by atoms with Crippen molar-refractivity contribution in [3.63, 3.8) is 0 Å². The lowest BCUT2D eigenvalue weighted by Gasteiger charge is -2.07. The molecule has 0 spiro atoms. The standard InChI is InChI=1S/C7H6ClF3N2/c8-5-3(1-12)4(6(9)10)2-13-7(5)11/h2,6H,1,12H2. The molecular formula is C7H6ClF3N2. The van der Waals surface area contributed by atoms with Gasteiger partial charge in [-0.25, -0.2) is 13.8 Å². The van der Waals surface area contributed by atoms with Crippen molar-refractivity contribution in [3.8, 4) is 0 Å². The predicted octanol–water partition coefficient (Wildman–Crippen LogP) is 2.27. The maximum absolute atomic E-state index is 12.7. The Hall–Kier alpha value is -0.810. The summed E-state index contributed by atoms with van der Waals surface area (Å²) in [5.74, 6) is -0.980. The number of rotatable bonds is 2. The molecule has 0 aliphatic carbocycles. The van der Waals surface area contributed by atoms with Crippen molar-refractivity contribution in [2.24, 2.45) is 5.73 Å². The highest BCUT2D eigenvalue weighted by Crippen LogP contribution is 2.28. The van der Waals surface area contributed by atoms with E-state index in [1.54, 1.807) is 0 Å². The van der Waals surface area contributed by atoms with Crippen molar-refractivity contribution < 1.29 is 13.2 Å². The van der Waals surface area contributed by atoms with Crippen LogP contribution in [0.5, 0.6) is 0 Å². The molecule has 6 heteroatoms. The maximum atomic E-state index is 12.7. The summed E-state index contributed by atoms with van der Waals surface area (Å²) >= 11 is 5.39. The number of nitrogens with zero attached hydrogens (tertiary/aromatic N) is 1. The minimum atomic E-state index is -2.75. The third-order valence-electron chi connectivity index (χ3n) is 1.55. The first-order chi connectivity index (χ1) is 6.07. The molecule has 2 N–H and O–H groups in total. The molecule has 0 amide bonds. The van der Waals surface area contributed by atoms with E-state index in [0.717, 1.165) is 6.20 Å². The van der Waals surface area contributed by atoms with Gasteiger partial charge in [-0.3, -0.25) is 0 Å². The smallest absolute Gasteiger partial charge is 0.265 e. The SMILES string of the molecule is NCc1c(C(F)F)cnc(F)c1Cl. The van der Waals surface area contributed by atoms with Crippen molar-refractivity contribution >= 4 is 11.6 Å². The molecule has 1 rings (SSSR count). The zero-order valence-electron chi connectivity index (χ0n) is 6.40. The molecule has 13 heavy (non-hydrogen) atoms. The average molecular weight is 211 g/mol. The van der Waals surface area contributed by atoms with E-state index in [2.05, 4.69) is 4.98 Å². The van der Waals surface area contributed by atoms with Gasteiger partial charge in [-0.05, 0) is 5.56 Å². The van der Waals surface area contributed by atoms with Gasteiger partial charge in [-0.2, -0.15) is 4.39 Å². The normalized spacial score (nSPS) is 10.9. The van der Waals surface area contributed by atoms with Crippen LogP contribution < -0.4 is 5.73 Å². The summed E-state index contributed by atoms with van der Waals surface area (Å²) < 4.78 is 37.2. The summed E-state index contributed by atoms with van der Waals surface area (Å²) in [6.45, 7) is -0.238. The molecule has 0 unspecified atom stereocenters. The third-order valence-corrected chi connectivity index (χ3v) is 1.93. The number of alkyl halides is 2. The molecule has 0 saturated heterocycles. The van der Waals surface area contributed by atoms with Crippen LogP contribution in [0.15, 0.2) is 6.20 Å². The lowest BCUT2D eigenvalue weighted by Crippen LogP contribution is -2.05. The topological polar surface area (TPSA) is 38.9 Å². The van der Waals surface area contributed by atoms with E-state index >= 15 is 0 Å². The molecule has 0 atom stereocenters. The average Bonchev–Trinajstić information content (AvgIpc) is 2.09. The fourth-order valence-electron chi connectivity index (χ4n) is 0.908. The van der Waals surface area contributed by atoms with E-state index in [1.807, 2.05) is 0 Å². The number of hydrogen-bond donors (Lipinski definition) is 1. The second-order valence-electron chi connectivity index (χ2n) is 2.30. The Morgan fingerprint density at radius 1 is 1.54 bits per heavy atom. The first-order valence-corrected chi connectivity index (χ1v) is 3.76. The van der Waals surface area contributed by atoms with Crippen LogP contribution in [0.1, 0.15) is 17.6 Å². The Bertz CT molecular complexity index is 317. The third kappa shape index (κ3) is 1.92. The van der Waals surface area contributed by atoms with Gasteiger partial charge in [-0.1, -0.05) is 11.6 Å². The van der Waals surface area contributed by atoms with E-state index in [4.69, 9.17) is 17.3 Å². The summed E-state index contributed by atoms with van der Waals surface area (Å²) in [6.07, 6.45) is -2.00. The first-order valence-electron chi connectivity index (χ1n) is 3.39. The van der Waals surface area contributed by atoms with Crippen molar-refractivity contribution in [3.05, 3.63) is 28.3 Å². The van der Waals surface area contributed by atoms with Crippen molar-refractivity contribution in [1.82, 2.24) is 4.98 Å². The molecule has 0 fully saturated rings. The van der Waals surface area contributed by atoms with E-state index in [0.29, 0.717) is 0 Å². The monoisotopic (exact) mass is 210 g/mol. The number of hydrogen-bond acceptors (Lipinski definition) is 2. The Labute approximate surface area is 77.5 Å². The Morgan fingerprint density at radius 3 is 2.62 bits per heavy atom. The van der Waals surface area contributed by atoms with Crippen molar-refractivity contribution in [2.75, 3.05) is 0 Å². The molecule has 2 nitrogen and oxygen atoms in total. The molecule has 1 aromatic rings. The van der Waals surface area contributed by atoms with E-state index in [1.165, 1.54) is 0 Å². The molecular weight excluding hydrogens is 205 g/mol. The van der Waals surface area contributed by atoms with E-state index in [-0.39, 0.29) is 12.1 Å². The lowest BCUT2D eigenvalue weighted by atomic mass is 10.1. The molecule has 0 aliphatic rings. The van der Waals surface area contributed by atoms with Gasteiger partial charge in [0, 0.05) is 18.3 Å². The predicted molar refractivity (Wildman–Crippen MR) is 42.1 cm³/mol. The van der Waals surface area contributed by atoms with Crippen LogP contribution in [0.25, 0.3) is 0 Å². The lowest BCUT2D eigenvalue weighted by molar-refractivity contribution is 0.149. The van der Waals surface area contributed by atoms with Gasteiger partial charge in [0.05, 0.1) is 0 Å². The van der Waals surface area contributed by atoms with E-state index < -0.39 is 23.0 Å². The second-order valence-corrected chi connectivity index (χ2v) is 2.68. The highest BCUT2D eigenvalue weighted by atomic mass is 35.5. The van der Waals surface area contributed by atoms with Crippen LogP contribution in [-0.2, 0) is 6.54 Å². The van der Waals surface area contributed by atoms with Crippen LogP contribution in [0.2, 0.25) is 5.02 Å². The highest BCUT2D eigenvalue weighted by molar-refractivity contribution is 6.31. The zero-order chi connectivity index (χ0) is 10.0. The Balaban J connectivity index is 3.30. The van der Waals surface area contributed by atoms with Crippen LogP contribution in [-0.4, -0.2) is 4.98 Å². The number of nitrogens with two attached hydrogens (primary N) is 1. The Morgan fingerprint density at radius 2 is 2.15 bits per heavy atom. The van der Waals surface area contributed by atoms with Gasteiger partial charge in [0.2, 0.25) is 5.95 Å². The number of pyridine rings is 1. The minimum absolute atomic E-state index is 0.0934. The van der Waals surface area contributed by atoms with Gasteiger partial charge < -0.3 is 5.73 Å². The van der Waals surface area contributed by atoms with Crippen LogP contribution in [0.4, 0.5) is 13.2 Å². The quantitative estimate of drug-likeness (QED) is 0.761. The minimum Gasteiger partial charge on any atom is -0.326 e. The van der Waals surface area contributed by atoms with Gasteiger partial charge in [0.25, 0.3) is 6.43 Å². The molecule has 72 valence electrons. The van der Waals surface area contributed by atoms with Gasteiger partial charge in [0.1, 0.15) is 5.02 Å². The summed E-state index contributed by atoms with van der Waals surface area (Å²) in [4.78, 5) is 3.07. The summed E-state index contributed by atoms with van der Waals surface area (Å²) in [6, 6.07) is 0. The molecule has 0 aliphatic heterocycles. The zero-order valence-corrected chi connectivity index (χ0v) is 7.15. The molecule has 0 radical (unpaired) electrons. The van der Waals surface area contributed by atoms with Crippen LogP contribution in [0, 0.1) is 5.95 Å². The molecule has 0 aromatic carbocycles. The molecule has 1 aromatic heterocycles. The van der Waals surface area contributed by atoms with Crippen LogP contribution in [0.3, 0.4) is 0 Å². The number of aromatic nitrogens is 1. The first kappa shape index (κ1) is 10.3. The van der Waals surface area contributed by atoms with Gasteiger partial charge in [-0.15, -0.1) is 0 Å². The molecule has 0 saturated carbocycles. The molecule has 1 heterocycles. The van der Waals surface area contributed by atoms with Gasteiger partial charge >= 0.3 is 0 Å².